The number of benzene rings is 3. The number of ether oxygens (including phenoxy) is 1. The Hall–Kier alpha value is -4.27. The molecule has 186 valence electrons. The predicted molar refractivity (Wildman–Crippen MR) is 127 cm³/mol. The number of nitrogens with zero attached hydrogens (tertiary/aromatic N) is 1. The Morgan fingerprint density at radius 2 is 1.61 bits per heavy atom. The molecule has 4 rings (SSSR count). The lowest BCUT2D eigenvalue weighted by Crippen LogP contribution is -2.11. The molecule has 0 saturated heterocycles. The molecule has 1 aromatic heterocycles. The molecular formula is C27H22F3NO5. The van der Waals surface area contributed by atoms with Crippen molar-refractivity contribution in [3.05, 3.63) is 89.1 Å². The van der Waals surface area contributed by atoms with Gasteiger partial charge in [-0.25, -0.2) is 4.79 Å². The highest BCUT2D eigenvalue weighted by Crippen LogP contribution is 2.36. The number of hydrogen-bond acceptors (Lipinski definition) is 3. The fourth-order valence-corrected chi connectivity index (χ4v) is 4.11. The Bertz CT molecular complexity index is 1450. The zero-order chi connectivity index (χ0) is 26.2. The summed E-state index contributed by atoms with van der Waals surface area (Å²) in [5.41, 5.74) is 1.04. The number of fused-ring (bicyclic) bond motifs is 1. The van der Waals surface area contributed by atoms with Crippen LogP contribution in [-0.2, 0) is 17.4 Å². The van der Waals surface area contributed by atoms with Crippen LogP contribution in [0, 0.1) is 0 Å². The maximum absolute atomic E-state index is 13.1. The lowest BCUT2D eigenvalue weighted by atomic mass is 10.0. The number of carbonyl (C=O) groups is 2. The molecular weight excluding hydrogens is 475 g/mol. The van der Waals surface area contributed by atoms with Gasteiger partial charge < -0.3 is 19.5 Å². The molecule has 4 aromatic rings. The molecule has 0 unspecified atom stereocenters. The van der Waals surface area contributed by atoms with Gasteiger partial charge in [0.2, 0.25) is 0 Å². The van der Waals surface area contributed by atoms with Crippen LogP contribution in [0.15, 0.2) is 66.7 Å². The van der Waals surface area contributed by atoms with Gasteiger partial charge in [0.1, 0.15) is 11.5 Å². The van der Waals surface area contributed by atoms with Gasteiger partial charge in [-0.2, -0.15) is 13.2 Å². The van der Waals surface area contributed by atoms with E-state index in [2.05, 4.69) is 0 Å². The summed E-state index contributed by atoms with van der Waals surface area (Å²) in [6.07, 6.45) is -5.10. The third kappa shape index (κ3) is 4.91. The molecule has 0 fully saturated rings. The zero-order valence-corrected chi connectivity index (χ0v) is 19.3. The van der Waals surface area contributed by atoms with Crippen molar-refractivity contribution in [3.8, 4) is 17.2 Å². The van der Waals surface area contributed by atoms with Gasteiger partial charge in [0.15, 0.2) is 0 Å². The van der Waals surface area contributed by atoms with Gasteiger partial charge in [-0.1, -0.05) is 32.0 Å². The monoisotopic (exact) mass is 497 g/mol. The first-order chi connectivity index (χ1) is 17.0. The maximum atomic E-state index is 13.1. The summed E-state index contributed by atoms with van der Waals surface area (Å²) in [5.74, 6) is -2.23. The van der Waals surface area contributed by atoms with Gasteiger partial charge in [-0.3, -0.25) is 4.79 Å². The smallest absolute Gasteiger partial charge is 0.416 e. The van der Waals surface area contributed by atoms with Gasteiger partial charge in [0.05, 0.1) is 23.1 Å². The van der Waals surface area contributed by atoms with Crippen molar-refractivity contribution < 1.29 is 37.7 Å². The number of hydrogen-bond donors (Lipinski definition) is 2. The van der Waals surface area contributed by atoms with Crippen LogP contribution >= 0.6 is 0 Å². The zero-order valence-electron chi connectivity index (χ0n) is 19.3. The van der Waals surface area contributed by atoms with Crippen LogP contribution in [0.2, 0.25) is 0 Å². The van der Waals surface area contributed by atoms with Crippen LogP contribution in [0.3, 0.4) is 0 Å². The first-order valence-corrected chi connectivity index (χ1v) is 11.0. The molecule has 36 heavy (non-hydrogen) atoms. The quantitative estimate of drug-likeness (QED) is 0.290. The van der Waals surface area contributed by atoms with Crippen LogP contribution in [0.4, 0.5) is 13.2 Å². The highest BCUT2D eigenvalue weighted by atomic mass is 19.4. The van der Waals surface area contributed by atoms with Crippen LogP contribution in [0.1, 0.15) is 46.9 Å². The Labute approximate surface area is 204 Å². The largest absolute Gasteiger partial charge is 0.481 e. The molecule has 3 aromatic carbocycles. The number of alkyl halides is 3. The maximum Gasteiger partial charge on any atom is 0.416 e. The number of halogens is 3. The first kappa shape index (κ1) is 24.8. The van der Waals surface area contributed by atoms with E-state index in [4.69, 9.17) is 4.74 Å². The molecule has 0 saturated carbocycles. The molecule has 0 aliphatic rings. The molecule has 2 N–H and O–H groups in total. The van der Waals surface area contributed by atoms with Crippen LogP contribution < -0.4 is 4.74 Å². The summed E-state index contributed by atoms with van der Waals surface area (Å²) < 4.78 is 46.4. The second-order valence-electron chi connectivity index (χ2n) is 8.59. The van der Waals surface area contributed by atoms with Crippen molar-refractivity contribution in [1.82, 2.24) is 4.57 Å². The summed E-state index contributed by atoms with van der Waals surface area (Å²) in [6.45, 7) is 4.06. The molecule has 0 spiro atoms. The third-order valence-corrected chi connectivity index (χ3v) is 5.78. The van der Waals surface area contributed by atoms with Crippen molar-refractivity contribution in [3.63, 3.8) is 0 Å². The van der Waals surface area contributed by atoms with Gasteiger partial charge in [0, 0.05) is 16.8 Å². The van der Waals surface area contributed by atoms with Crippen LogP contribution in [0.5, 0.6) is 11.5 Å². The molecule has 0 aliphatic heterocycles. The second-order valence-corrected chi connectivity index (χ2v) is 8.59. The van der Waals surface area contributed by atoms with E-state index >= 15 is 0 Å². The van der Waals surface area contributed by atoms with E-state index in [1.165, 1.54) is 24.3 Å². The van der Waals surface area contributed by atoms with Crippen molar-refractivity contribution >= 4 is 22.8 Å². The third-order valence-electron chi connectivity index (χ3n) is 5.78. The molecule has 1 heterocycles. The van der Waals surface area contributed by atoms with Gasteiger partial charge in [-0.05, 0) is 60.0 Å². The standard InChI is InChI=1S/C27H22F3NO5/c1-15(2)16-6-8-18(9-7-16)31-22-11-10-20(36-19-5-3-4-17(12-19)27(28,29)30)13-21(22)25(26(34)35)23(31)14-24(32)33/h3-13,15H,14H2,1-2H3,(H,32,33)(H,34,35). The molecule has 9 heteroatoms. The normalized spacial score (nSPS) is 11.7. The lowest BCUT2D eigenvalue weighted by molar-refractivity contribution is -0.138. The molecule has 6 nitrogen and oxygen atoms in total. The number of aliphatic carboxylic acids is 1. The number of carboxylic acids is 2. The van der Waals surface area contributed by atoms with Crippen LogP contribution in [-0.4, -0.2) is 26.7 Å². The molecule has 0 amide bonds. The van der Waals surface area contributed by atoms with E-state index in [0.29, 0.717) is 11.2 Å². The fourth-order valence-electron chi connectivity index (χ4n) is 4.11. The topological polar surface area (TPSA) is 88.8 Å². The fraction of sp³-hybridized carbons (Fsp3) is 0.185. The number of aromatic nitrogens is 1. The lowest BCUT2D eigenvalue weighted by Gasteiger charge is -2.13. The minimum Gasteiger partial charge on any atom is -0.481 e. The predicted octanol–water partition coefficient (Wildman–Crippen LogP) is 6.89. The van der Waals surface area contributed by atoms with E-state index in [-0.39, 0.29) is 34.1 Å². The highest BCUT2D eigenvalue weighted by molar-refractivity contribution is 6.07. The number of aromatic carboxylic acids is 1. The first-order valence-electron chi connectivity index (χ1n) is 11.0. The summed E-state index contributed by atoms with van der Waals surface area (Å²) in [4.78, 5) is 23.9. The van der Waals surface area contributed by atoms with E-state index in [1.807, 2.05) is 26.0 Å². The Balaban J connectivity index is 1.87. The van der Waals surface area contributed by atoms with E-state index in [0.717, 1.165) is 17.7 Å². The average molecular weight is 497 g/mol. The summed E-state index contributed by atoms with van der Waals surface area (Å²) in [7, 11) is 0. The Morgan fingerprint density at radius 1 is 0.944 bits per heavy atom. The van der Waals surface area contributed by atoms with E-state index in [1.54, 1.807) is 22.8 Å². The molecule has 0 bridgehead atoms. The van der Waals surface area contributed by atoms with Crippen molar-refractivity contribution in [1.29, 1.82) is 0 Å². The number of rotatable bonds is 7. The summed E-state index contributed by atoms with van der Waals surface area (Å²) >= 11 is 0. The Kier molecular flexibility index (Phi) is 6.49. The van der Waals surface area contributed by atoms with Gasteiger partial charge in [0.25, 0.3) is 0 Å². The second kappa shape index (κ2) is 9.41. The van der Waals surface area contributed by atoms with Gasteiger partial charge in [-0.15, -0.1) is 0 Å². The molecule has 0 radical (unpaired) electrons. The molecule has 0 aliphatic carbocycles. The average Bonchev–Trinajstić information content (AvgIpc) is 3.11. The summed E-state index contributed by atoms with van der Waals surface area (Å²) in [5, 5.41) is 19.7. The van der Waals surface area contributed by atoms with E-state index in [9.17, 15) is 33.0 Å². The number of carboxylic acid groups (broad SMARTS) is 2. The highest BCUT2D eigenvalue weighted by Gasteiger charge is 2.31. The van der Waals surface area contributed by atoms with Crippen molar-refractivity contribution in [2.24, 2.45) is 0 Å². The van der Waals surface area contributed by atoms with Crippen molar-refractivity contribution in [2.75, 3.05) is 0 Å². The van der Waals surface area contributed by atoms with Crippen LogP contribution in [0.25, 0.3) is 16.6 Å². The van der Waals surface area contributed by atoms with Gasteiger partial charge >= 0.3 is 18.1 Å². The minimum absolute atomic E-state index is 0.0681. The minimum atomic E-state index is -4.55. The van der Waals surface area contributed by atoms with Crippen molar-refractivity contribution in [2.45, 2.75) is 32.4 Å². The SMILES string of the molecule is CC(C)c1ccc(-n2c(CC(=O)O)c(C(=O)O)c3cc(Oc4cccc(C(F)(F)F)c4)ccc32)cc1. The van der Waals surface area contributed by atoms with E-state index < -0.39 is 30.1 Å². The molecule has 0 atom stereocenters. The Morgan fingerprint density at radius 3 is 2.19 bits per heavy atom. The summed E-state index contributed by atoms with van der Waals surface area (Å²) in [6, 6.07) is 16.1.